The average molecular weight is 322 g/mol. The van der Waals surface area contributed by atoms with E-state index in [9.17, 15) is 4.79 Å². The number of aromatic nitrogens is 3. The topological polar surface area (TPSA) is 72.4 Å². The highest BCUT2D eigenvalue weighted by atomic mass is 32.2. The smallest absolute Gasteiger partial charge is 0.287 e. The van der Waals surface area contributed by atoms with Gasteiger partial charge in [-0.1, -0.05) is 11.3 Å². The summed E-state index contributed by atoms with van der Waals surface area (Å²) in [4.78, 5) is 17.4. The molecule has 3 aromatic rings. The molecule has 1 atom stereocenters. The van der Waals surface area contributed by atoms with Gasteiger partial charge in [-0.3, -0.25) is 4.79 Å². The minimum Gasteiger partial charge on any atom is -0.455 e. The average Bonchev–Trinajstić information content (AvgIpc) is 3.13. The number of fused-ring (bicyclic) bond motifs is 1. The number of nitrogens with zero attached hydrogens (tertiary/aromatic N) is 3. The molecule has 0 saturated heterocycles. The third-order valence-corrected chi connectivity index (χ3v) is 4.23. The van der Waals surface area contributed by atoms with Crippen molar-refractivity contribution in [3.05, 3.63) is 41.1 Å². The van der Waals surface area contributed by atoms with Crippen LogP contribution in [-0.2, 0) is 5.75 Å². The molecule has 110 valence electrons. The van der Waals surface area contributed by atoms with Crippen molar-refractivity contribution in [3.63, 3.8) is 0 Å². The summed E-state index contributed by atoms with van der Waals surface area (Å²) in [5, 5.41) is 7.00. The van der Waals surface area contributed by atoms with E-state index in [2.05, 4.69) is 15.4 Å². The van der Waals surface area contributed by atoms with Crippen LogP contribution in [0.25, 0.3) is 4.96 Å². The standard InChI is InChI=1S/C13H14N4O2S2/c1-8(10-5-17-13(16-10)21-7-14-17)15-12(18)11-4-3-9(19-11)6-20-2/h3-5,7-8H,6H2,1-2H3,(H,15,18)/t8-/m0/s1. The lowest BCUT2D eigenvalue weighted by Gasteiger charge is -2.09. The van der Waals surface area contributed by atoms with E-state index in [4.69, 9.17) is 4.42 Å². The molecule has 6 nitrogen and oxygen atoms in total. The van der Waals surface area contributed by atoms with Crippen LogP contribution >= 0.6 is 23.1 Å². The largest absolute Gasteiger partial charge is 0.455 e. The van der Waals surface area contributed by atoms with Crippen LogP contribution in [0, 0.1) is 0 Å². The normalized spacial score (nSPS) is 12.7. The van der Waals surface area contributed by atoms with E-state index in [1.54, 1.807) is 27.9 Å². The second-order valence-electron chi connectivity index (χ2n) is 4.53. The number of imidazole rings is 1. The molecule has 0 bridgehead atoms. The highest BCUT2D eigenvalue weighted by Gasteiger charge is 2.17. The summed E-state index contributed by atoms with van der Waals surface area (Å²) in [5.74, 6) is 1.64. The number of rotatable bonds is 5. The van der Waals surface area contributed by atoms with Crippen LogP contribution in [0.5, 0.6) is 0 Å². The fourth-order valence-corrected chi connectivity index (χ4v) is 2.97. The Morgan fingerprint density at radius 3 is 3.19 bits per heavy atom. The first-order valence-electron chi connectivity index (χ1n) is 6.34. The molecule has 21 heavy (non-hydrogen) atoms. The van der Waals surface area contributed by atoms with Crippen molar-refractivity contribution in [1.29, 1.82) is 0 Å². The molecule has 0 unspecified atom stereocenters. The zero-order chi connectivity index (χ0) is 14.8. The monoisotopic (exact) mass is 322 g/mol. The van der Waals surface area contributed by atoms with E-state index in [0.29, 0.717) is 5.76 Å². The molecular formula is C13H14N4O2S2. The van der Waals surface area contributed by atoms with Gasteiger partial charge < -0.3 is 9.73 Å². The van der Waals surface area contributed by atoms with E-state index >= 15 is 0 Å². The van der Waals surface area contributed by atoms with Crippen molar-refractivity contribution in [2.75, 3.05) is 6.26 Å². The van der Waals surface area contributed by atoms with Crippen molar-refractivity contribution < 1.29 is 9.21 Å². The van der Waals surface area contributed by atoms with Gasteiger partial charge in [0.25, 0.3) is 5.91 Å². The molecule has 3 rings (SSSR count). The number of furan rings is 1. The fraction of sp³-hybridized carbons (Fsp3) is 0.308. The van der Waals surface area contributed by atoms with Gasteiger partial charge in [0.1, 0.15) is 11.3 Å². The van der Waals surface area contributed by atoms with E-state index in [1.165, 1.54) is 11.3 Å². The van der Waals surface area contributed by atoms with Gasteiger partial charge in [0.05, 0.1) is 23.7 Å². The maximum Gasteiger partial charge on any atom is 0.287 e. The van der Waals surface area contributed by atoms with Crippen molar-refractivity contribution in [2.45, 2.75) is 18.7 Å². The third kappa shape index (κ3) is 2.96. The van der Waals surface area contributed by atoms with Crippen molar-refractivity contribution in [3.8, 4) is 0 Å². The minimum atomic E-state index is -0.237. The Morgan fingerprint density at radius 2 is 2.43 bits per heavy atom. The highest BCUT2D eigenvalue weighted by molar-refractivity contribution is 7.97. The lowest BCUT2D eigenvalue weighted by atomic mass is 10.2. The van der Waals surface area contributed by atoms with E-state index in [1.807, 2.05) is 25.4 Å². The Kier molecular flexibility index (Phi) is 3.98. The van der Waals surface area contributed by atoms with Crippen molar-refractivity contribution in [1.82, 2.24) is 19.9 Å². The minimum absolute atomic E-state index is 0.208. The summed E-state index contributed by atoms with van der Waals surface area (Å²) in [7, 11) is 0. The maximum absolute atomic E-state index is 12.1. The summed E-state index contributed by atoms with van der Waals surface area (Å²) in [6.07, 6.45) is 3.81. The van der Waals surface area contributed by atoms with Gasteiger partial charge in [0, 0.05) is 0 Å². The Labute approximate surface area is 129 Å². The molecule has 0 saturated carbocycles. The number of amides is 1. The zero-order valence-electron chi connectivity index (χ0n) is 11.6. The van der Waals surface area contributed by atoms with Crippen LogP contribution in [0.1, 0.15) is 35.0 Å². The summed E-state index contributed by atoms with van der Waals surface area (Å²) < 4.78 is 7.20. The quantitative estimate of drug-likeness (QED) is 0.782. The first kappa shape index (κ1) is 14.2. The third-order valence-electron chi connectivity index (χ3n) is 2.97. The molecule has 0 aliphatic carbocycles. The molecule has 0 aliphatic rings. The Morgan fingerprint density at radius 1 is 1.57 bits per heavy atom. The lowest BCUT2D eigenvalue weighted by Crippen LogP contribution is -2.26. The molecule has 1 N–H and O–H groups in total. The molecule has 0 radical (unpaired) electrons. The van der Waals surface area contributed by atoms with Gasteiger partial charge in [-0.05, 0) is 25.3 Å². The second-order valence-corrected chi connectivity index (χ2v) is 6.20. The predicted molar refractivity (Wildman–Crippen MR) is 82.7 cm³/mol. The van der Waals surface area contributed by atoms with E-state index in [0.717, 1.165) is 22.2 Å². The van der Waals surface area contributed by atoms with Gasteiger partial charge in [-0.25, -0.2) is 9.50 Å². The number of carbonyl (C=O) groups is 1. The molecule has 0 aromatic carbocycles. The highest BCUT2D eigenvalue weighted by Crippen LogP contribution is 2.17. The number of nitrogens with one attached hydrogen (secondary N) is 1. The number of hydrogen-bond donors (Lipinski definition) is 1. The number of hydrogen-bond acceptors (Lipinski definition) is 6. The van der Waals surface area contributed by atoms with Gasteiger partial charge in [0.15, 0.2) is 5.76 Å². The van der Waals surface area contributed by atoms with Gasteiger partial charge in [0.2, 0.25) is 4.96 Å². The van der Waals surface area contributed by atoms with Crippen LogP contribution in [0.4, 0.5) is 0 Å². The molecule has 3 aromatic heterocycles. The van der Waals surface area contributed by atoms with Gasteiger partial charge >= 0.3 is 0 Å². The van der Waals surface area contributed by atoms with Gasteiger partial charge in [-0.2, -0.15) is 16.9 Å². The van der Waals surface area contributed by atoms with Crippen LogP contribution in [0.2, 0.25) is 0 Å². The summed E-state index contributed by atoms with van der Waals surface area (Å²) in [6, 6.07) is 3.31. The van der Waals surface area contributed by atoms with Crippen LogP contribution < -0.4 is 5.32 Å². The Balaban J connectivity index is 1.69. The molecule has 0 spiro atoms. The van der Waals surface area contributed by atoms with Gasteiger partial charge in [-0.15, -0.1) is 0 Å². The molecular weight excluding hydrogens is 308 g/mol. The predicted octanol–water partition coefficient (Wildman–Crippen LogP) is 2.74. The lowest BCUT2D eigenvalue weighted by molar-refractivity contribution is 0.0910. The Bertz CT molecular complexity index is 732. The Hall–Kier alpha value is -1.80. The second kappa shape index (κ2) is 5.90. The zero-order valence-corrected chi connectivity index (χ0v) is 13.2. The van der Waals surface area contributed by atoms with Crippen LogP contribution in [0.3, 0.4) is 0 Å². The fourth-order valence-electron chi connectivity index (χ4n) is 1.93. The SMILES string of the molecule is CSCc1ccc(C(=O)N[C@@H](C)c2cn3ncsc3n2)o1. The van der Waals surface area contributed by atoms with E-state index in [-0.39, 0.29) is 11.9 Å². The molecule has 0 aliphatic heterocycles. The summed E-state index contributed by atoms with van der Waals surface area (Å²) in [6.45, 7) is 1.89. The molecule has 1 amide bonds. The molecule has 0 fully saturated rings. The molecule has 3 heterocycles. The number of thioether (sulfide) groups is 1. The number of carbonyl (C=O) groups excluding carboxylic acids is 1. The first-order chi connectivity index (χ1) is 10.2. The van der Waals surface area contributed by atoms with E-state index < -0.39 is 0 Å². The van der Waals surface area contributed by atoms with Crippen LogP contribution in [-0.4, -0.2) is 26.8 Å². The first-order valence-corrected chi connectivity index (χ1v) is 8.62. The van der Waals surface area contributed by atoms with Crippen molar-refractivity contribution >= 4 is 34.0 Å². The summed E-state index contributed by atoms with van der Waals surface area (Å²) >= 11 is 3.11. The molecule has 8 heteroatoms. The van der Waals surface area contributed by atoms with Crippen molar-refractivity contribution in [2.24, 2.45) is 0 Å². The van der Waals surface area contributed by atoms with Crippen LogP contribution in [0.15, 0.2) is 28.3 Å². The summed E-state index contributed by atoms with van der Waals surface area (Å²) in [5.41, 5.74) is 2.50. The maximum atomic E-state index is 12.1.